The van der Waals surface area contributed by atoms with Crippen molar-refractivity contribution in [1.82, 2.24) is 5.32 Å². The van der Waals surface area contributed by atoms with Crippen LogP contribution in [0.1, 0.15) is 36.8 Å². The summed E-state index contributed by atoms with van der Waals surface area (Å²) >= 11 is 5.91. The molecule has 1 saturated carbocycles. The highest BCUT2D eigenvalue weighted by atomic mass is 35.5. The van der Waals surface area contributed by atoms with E-state index in [1.165, 1.54) is 13.0 Å². The van der Waals surface area contributed by atoms with Gasteiger partial charge in [-0.05, 0) is 79.1 Å². The molecule has 0 radical (unpaired) electrons. The zero-order valence-corrected chi connectivity index (χ0v) is 17.4. The molecule has 1 amide bonds. The second kappa shape index (κ2) is 7.55. The lowest BCUT2D eigenvalue weighted by Crippen LogP contribution is -2.48. The van der Waals surface area contributed by atoms with Crippen LogP contribution in [0.3, 0.4) is 0 Å². The summed E-state index contributed by atoms with van der Waals surface area (Å²) in [4.78, 5) is 12.8. The van der Waals surface area contributed by atoms with E-state index in [0.717, 1.165) is 0 Å². The highest BCUT2D eigenvalue weighted by Gasteiger charge is 2.52. The van der Waals surface area contributed by atoms with Gasteiger partial charge in [-0.3, -0.25) is 4.79 Å². The van der Waals surface area contributed by atoms with Crippen molar-refractivity contribution < 1.29 is 27.5 Å². The Morgan fingerprint density at radius 2 is 1.71 bits per heavy atom. The quantitative estimate of drug-likeness (QED) is 0.521. The monoisotopic (exact) mass is 453 g/mol. The van der Waals surface area contributed by atoms with Crippen molar-refractivity contribution in [2.75, 3.05) is 0 Å². The first-order valence-corrected chi connectivity index (χ1v) is 10.3. The van der Waals surface area contributed by atoms with Crippen LogP contribution in [0.15, 0.2) is 42.2 Å². The van der Waals surface area contributed by atoms with E-state index in [0.29, 0.717) is 16.1 Å². The van der Waals surface area contributed by atoms with E-state index < -0.39 is 29.4 Å². The SMILES string of the molecule is Cc1c(F)cc(-c2ccc(Cl)cc2)cc1C1=C(O)[C@]2(CC[C@@H](C(F)(F)F)CC2)NC1=O. The molecule has 164 valence electrons. The molecular weight excluding hydrogens is 434 g/mol. The number of alkyl halides is 3. The lowest BCUT2D eigenvalue weighted by molar-refractivity contribution is -0.184. The number of amides is 1. The standard InChI is InChI=1S/C23H20ClF4NO2/c1-12-17(10-14(11-18(12)25)13-2-4-16(24)5-3-13)19-20(30)22(29-21(19)31)8-6-15(7-9-22)23(26,27)28/h2-5,10-11,15,30H,6-9H2,1H3,(H,29,31)/t15-,22-. The van der Waals surface area contributed by atoms with Gasteiger partial charge >= 0.3 is 6.18 Å². The normalized spacial score (nSPS) is 24.1. The number of aliphatic hydroxyl groups is 1. The van der Waals surface area contributed by atoms with E-state index in [2.05, 4.69) is 5.32 Å². The molecule has 8 heteroatoms. The Bertz CT molecular complexity index is 1070. The minimum absolute atomic E-state index is 0.0311. The predicted molar refractivity (Wildman–Crippen MR) is 110 cm³/mol. The van der Waals surface area contributed by atoms with Crippen LogP contribution < -0.4 is 5.32 Å². The maximum Gasteiger partial charge on any atom is 0.391 e. The second-order valence-corrected chi connectivity index (χ2v) is 8.65. The molecule has 2 aromatic rings. The van der Waals surface area contributed by atoms with Gasteiger partial charge in [0.25, 0.3) is 5.91 Å². The van der Waals surface area contributed by atoms with Crippen LogP contribution in [0.5, 0.6) is 0 Å². The summed E-state index contributed by atoms with van der Waals surface area (Å²) in [6.45, 7) is 1.50. The predicted octanol–water partition coefficient (Wildman–Crippen LogP) is 6.34. The second-order valence-electron chi connectivity index (χ2n) is 8.21. The van der Waals surface area contributed by atoms with Crippen LogP contribution in [-0.2, 0) is 4.79 Å². The fraction of sp³-hybridized carbons (Fsp3) is 0.348. The Balaban J connectivity index is 1.75. The minimum Gasteiger partial charge on any atom is -0.509 e. The van der Waals surface area contributed by atoms with Crippen molar-refractivity contribution in [3.63, 3.8) is 0 Å². The number of halogens is 5. The summed E-state index contributed by atoms with van der Waals surface area (Å²) in [5.74, 6) is -2.94. The highest BCUT2D eigenvalue weighted by Crippen LogP contribution is 2.47. The Labute approximate surface area is 181 Å². The van der Waals surface area contributed by atoms with Crippen molar-refractivity contribution >= 4 is 23.1 Å². The van der Waals surface area contributed by atoms with E-state index in [1.54, 1.807) is 30.3 Å². The average molecular weight is 454 g/mol. The number of carbonyl (C=O) groups excluding carboxylic acids is 1. The fourth-order valence-electron chi connectivity index (χ4n) is 4.48. The number of aliphatic hydroxyl groups excluding tert-OH is 1. The van der Waals surface area contributed by atoms with Crippen LogP contribution in [-0.4, -0.2) is 22.7 Å². The molecule has 0 aromatic heterocycles. The highest BCUT2D eigenvalue weighted by molar-refractivity contribution is 6.30. The van der Waals surface area contributed by atoms with Gasteiger partial charge in [-0.2, -0.15) is 13.2 Å². The number of benzene rings is 2. The molecule has 31 heavy (non-hydrogen) atoms. The first-order valence-electron chi connectivity index (χ1n) is 9.91. The van der Waals surface area contributed by atoms with Gasteiger partial charge in [0.1, 0.15) is 11.6 Å². The maximum absolute atomic E-state index is 14.7. The molecule has 1 aliphatic carbocycles. The number of hydrogen-bond donors (Lipinski definition) is 2. The van der Waals surface area contributed by atoms with Gasteiger partial charge < -0.3 is 10.4 Å². The van der Waals surface area contributed by atoms with E-state index >= 15 is 0 Å². The zero-order chi connectivity index (χ0) is 22.6. The first kappa shape index (κ1) is 21.7. The van der Waals surface area contributed by atoms with Crippen molar-refractivity contribution in [2.45, 2.75) is 44.3 Å². The molecule has 2 aliphatic rings. The van der Waals surface area contributed by atoms with Crippen LogP contribution in [0.4, 0.5) is 17.6 Å². The number of carbonyl (C=O) groups is 1. The summed E-state index contributed by atoms with van der Waals surface area (Å²) in [6, 6.07) is 9.66. The van der Waals surface area contributed by atoms with Crippen molar-refractivity contribution in [3.05, 3.63) is 64.1 Å². The Morgan fingerprint density at radius 3 is 2.29 bits per heavy atom. The largest absolute Gasteiger partial charge is 0.509 e. The van der Waals surface area contributed by atoms with Gasteiger partial charge in [0.05, 0.1) is 17.0 Å². The first-order chi connectivity index (χ1) is 14.5. The van der Waals surface area contributed by atoms with Crippen LogP contribution >= 0.6 is 11.6 Å². The third kappa shape index (κ3) is 3.80. The smallest absolute Gasteiger partial charge is 0.391 e. The van der Waals surface area contributed by atoms with Crippen LogP contribution in [0.2, 0.25) is 5.02 Å². The van der Waals surface area contributed by atoms with Crippen molar-refractivity contribution in [2.24, 2.45) is 5.92 Å². The van der Waals surface area contributed by atoms with E-state index in [-0.39, 0.29) is 48.1 Å². The summed E-state index contributed by atoms with van der Waals surface area (Å²) < 4.78 is 53.9. The molecule has 0 saturated heterocycles. The average Bonchev–Trinajstić information content (AvgIpc) is 2.94. The van der Waals surface area contributed by atoms with Crippen LogP contribution in [0, 0.1) is 18.7 Å². The molecule has 2 aromatic carbocycles. The molecule has 3 nitrogen and oxygen atoms in total. The third-order valence-electron chi connectivity index (χ3n) is 6.36. The van der Waals surface area contributed by atoms with Gasteiger partial charge in [0.2, 0.25) is 0 Å². The van der Waals surface area contributed by atoms with Crippen LogP contribution in [0.25, 0.3) is 16.7 Å². The molecule has 1 aliphatic heterocycles. The van der Waals surface area contributed by atoms with Gasteiger partial charge in [0.15, 0.2) is 0 Å². The lowest BCUT2D eigenvalue weighted by Gasteiger charge is -2.37. The molecule has 1 fully saturated rings. The van der Waals surface area contributed by atoms with Gasteiger partial charge in [-0.1, -0.05) is 23.7 Å². The number of nitrogens with one attached hydrogen (secondary N) is 1. The fourth-order valence-corrected chi connectivity index (χ4v) is 4.61. The Hall–Kier alpha value is -2.54. The summed E-state index contributed by atoms with van der Waals surface area (Å²) in [5.41, 5.74) is 0.226. The minimum atomic E-state index is -4.31. The lowest BCUT2D eigenvalue weighted by atomic mass is 9.75. The van der Waals surface area contributed by atoms with Crippen molar-refractivity contribution in [1.29, 1.82) is 0 Å². The van der Waals surface area contributed by atoms with Gasteiger partial charge in [0, 0.05) is 5.02 Å². The third-order valence-corrected chi connectivity index (χ3v) is 6.62. The number of rotatable bonds is 2. The zero-order valence-electron chi connectivity index (χ0n) is 16.6. The molecule has 0 bridgehead atoms. The molecule has 2 N–H and O–H groups in total. The Kier molecular flexibility index (Phi) is 5.28. The molecule has 0 unspecified atom stereocenters. The number of hydrogen-bond acceptors (Lipinski definition) is 2. The summed E-state index contributed by atoms with van der Waals surface area (Å²) in [6.07, 6.45) is -4.76. The molecule has 1 heterocycles. The maximum atomic E-state index is 14.7. The van der Waals surface area contributed by atoms with E-state index in [4.69, 9.17) is 11.6 Å². The van der Waals surface area contributed by atoms with Gasteiger partial charge in [-0.15, -0.1) is 0 Å². The molecule has 1 spiro atoms. The van der Waals surface area contributed by atoms with E-state index in [1.807, 2.05) is 0 Å². The topological polar surface area (TPSA) is 49.3 Å². The summed E-state index contributed by atoms with van der Waals surface area (Å²) in [5, 5.41) is 14.2. The van der Waals surface area contributed by atoms with Crippen molar-refractivity contribution in [3.8, 4) is 11.1 Å². The molecule has 0 atom stereocenters. The van der Waals surface area contributed by atoms with E-state index in [9.17, 15) is 27.5 Å². The molecular formula is C23H20ClF4NO2. The van der Waals surface area contributed by atoms with Gasteiger partial charge in [-0.25, -0.2) is 4.39 Å². The summed E-state index contributed by atoms with van der Waals surface area (Å²) in [7, 11) is 0. The Morgan fingerprint density at radius 1 is 1.10 bits per heavy atom. The molecule has 4 rings (SSSR count).